The van der Waals surface area contributed by atoms with Crippen LogP contribution in [0.5, 0.6) is 11.5 Å². The van der Waals surface area contributed by atoms with Crippen LogP contribution >= 0.6 is 11.8 Å². The number of alkyl halides is 2. The first-order chi connectivity index (χ1) is 12.4. The number of hydrogen-bond acceptors (Lipinski definition) is 4. The predicted molar refractivity (Wildman–Crippen MR) is 95.6 cm³/mol. The Morgan fingerprint density at radius 1 is 1.19 bits per heavy atom. The summed E-state index contributed by atoms with van der Waals surface area (Å²) in [5.41, 5.74) is 1.68. The number of methoxy groups -OCH3 is 1. The average Bonchev–Trinajstić information content (AvgIpc) is 2.58. The summed E-state index contributed by atoms with van der Waals surface area (Å²) in [4.78, 5) is 11.9. The van der Waals surface area contributed by atoms with Gasteiger partial charge in [-0.1, -0.05) is 12.1 Å². The first-order valence-corrected chi connectivity index (χ1v) is 8.80. The van der Waals surface area contributed by atoms with E-state index in [2.05, 4.69) is 10.1 Å². The van der Waals surface area contributed by atoms with Crippen LogP contribution in [0.4, 0.5) is 18.9 Å². The Morgan fingerprint density at radius 3 is 2.62 bits per heavy atom. The fourth-order valence-electron chi connectivity index (χ4n) is 2.16. The number of rotatable bonds is 8. The van der Waals surface area contributed by atoms with Gasteiger partial charge < -0.3 is 14.8 Å². The largest absolute Gasteiger partial charge is 0.493 e. The standard InChI is InChI=1S/C18H18F3NO3S/c1-11-3-5-14(13(19)7-11)22-17(23)10-26-9-12-4-6-15(25-18(20)21)16(8-12)24-2/h3-8,18H,9-10H2,1-2H3,(H,22,23). The molecule has 0 atom stereocenters. The molecule has 0 saturated heterocycles. The van der Waals surface area contributed by atoms with Crippen LogP contribution in [0, 0.1) is 12.7 Å². The van der Waals surface area contributed by atoms with E-state index in [0.29, 0.717) is 5.75 Å². The smallest absolute Gasteiger partial charge is 0.387 e. The van der Waals surface area contributed by atoms with Gasteiger partial charge in [0.25, 0.3) is 0 Å². The van der Waals surface area contributed by atoms with Gasteiger partial charge in [-0.25, -0.2) is 4.39 Å². The van der Waals surface area contributed by atoms with Crippen LogP contribution in [0.15, 0.2) is 36.4 Å². The van der Waals surface area contributed by atoms with E-state index in [9.17, 15) is 18.0 Å². The van der Waals surface area contributed by atoms with Gasteiger partial charge in [-0.3, -0.25) is 4.79 Å². The molecule has 8 heteroatoms. The van der Waals surface area contributed by atoms with Crippen molar-refractivity contribution < 1.29 is 27.4 Å². The Morgan fingerprint density at radius 2 is 1.96 bits per heavy atom. The number of aryl methyl sites for hydroxylation is 1. The lowest BCUT2D eigenvalue weighted by atomic mass is 10.2. The number of halogens is 3. The molecule has 1 amide bonds. The van der Waals surface area contributed by atoms with Crippen molar-refractivity contribution in [2.75, 3.05) is 18.2 Å². The van der Waals surface area contributed by atoms with Gasteiger partial charge in [0, 0.05) is 5.75 Å². The second-order valence-corrected chi connectivity index (χ2v) is 6.37. The van der Waals surface area contributed by atoms with Gasteiger partial charge >= 0.3 is 6.61 Å². The highest BCUT2D eigenvalue weighted by Gasteiger charge is 2.12. The van der Waals surface area contributed by atoms with Crippen molar-refractivity contribution in [3.05, 3.63) is 53.3 Å². The third kappa shape index (κ3) is 5.87. The Balaban J connectivity index is 1.87. The maximum atomic E-state index is 13.7. The monoisotopic (exact) mass is 385 g/mol. The molecule has 0 saturated carbocycles. The van der Waals surface area contributed by atoms with Crippen LogP contribution in [-0.2, 0) is 10.5 Å². The summed E-state index contributed by atoms with van der Waals surface area (Å²) in [6.07, 6.45) is 0. The highest BCUT2D eigenvalue weighted by Crippen LogP contribution is 2.30. The van der Waals surface area contributed by atoms with Gasteiger partial charge in [0.15, 0.2) is 11.5 Å². The van der Waals surface area contributed by atoms with Crippen LogP contribution in [-0.4, -0.2) is 25.4 Å². The normalized spacial score (nSPS) is 10.7. The zero-order valence-electron chi connectivity index (χ0n) is 14.2. The van der Waals surface area contributed by atoms with Gasteiger partial charge in [-0.2, -0.15) is 8.78 Å². The molecule has 2 rings (SSSR count). The van der Waals surface area contributed by atoms with Crippen molar-refractivity contribution in [3.8, 4) is 11.5 Å². The molecule has 0 fully saturated rings. The molecule has 0 unspecified atom stereocenters. The molecule has 26 heavy (non-hydrogen) atoms. The van der Waals surface area contributed by atoms with Crippen LogP contribution in [0.1, 0.15) is 11.1 Å². The Bertz CT molecular complexity index is 771. The van der Waals surface area contributed by atoms with Gasteiger partial charge in [0.1, 0.15) is 5.82 Å². The number of benzene rings is 2. The van der Waals surface area contributed by atoms with E-state index in [0.717, 1.165) is 11.1 Å². The van der Waals surface area contributed by atoms with E-state index in [4.69, 9.17) is 4.74 Å². The second kappa shape index (κ2) is 9.38. The van der Waals surface area contributed by atoms with Crippen LogP contribution in [0.25, 0.3) is 0 Å². The van der Waals surface area contributed by atoms with E-state index in [1.165, 1.54) is 37.1 Å². The quantitative estimate of drug-likeness (QED) is 0.721. The molecule has 140 valence electrons. The number of carbonyl (C=O) groups is 1. The maximum absolute atomic E-state index is 13.7. The minimum Gasteiger partial charge on any atom is -0.493 e. The molecule has 2 aromatic rings. The number of thioether (sulfide) groups is 1. The summed E-state index contributed by atoms with van der Waals surface area (Å²) in [7, 11) is 1.36. The highest BCUT2D eigenvalue weighted by atomic mass is 32.2. The van der Waals surface area contributed by atoms with E-state index in [1.54, 1.807) is 25.1 Å². The molecular formula is C18H18F3NO3S. The lowest BCUT2D eigenvalue weighted by Gasteiger charge is -2.11. The summed E-state index contributed by atoms with van der Waals surface area (Å²) >= 11 is 1.30. The van der Waals surface area contributed by atoms with E-state index in [1.807, 2.05) is 0 Å². The molecule has 0 radical (unpaired) electrons. The molecule has 0 aromatic heterocycles. The van der Waals surface area contributed by atoms with Gasteiger partial charge in [0.05, 0.1) is 18.6 Å². The zero-order valence-corrected chi connectivity index (χ0v) is 15.0. The zero-order chi connectivity index (χ0) is 19.1. The van der Waals surface area contributed by atoms with Gasteiger partial charge in [-0.15, -0.1) is 11.8 Å². The minimum absolute atomic E-state index is 0.0520. The molecule has 2 aromatic carbocycles. The van der Waals surface area contributed by atoms with E-state index >= 15 is 0 Å². The number of carbonyl (C=O) groups excluding carboxylic acids is 1. The van der Waals surface area contributed by atoms with Crippen molar-refractivity contribution >= 4 is 23.4 Å². The molecule has 0 aliphatic heterocycles. The molecule has 4 nitrogen and oxygen atoms in total. The maximum Gasteiger partial charge on any atom is 0.387 e. The fraction of sp³-hybridized carbons (Fsp3) is 0.278. The lowest BCUT2D eigenvalue weighted by molar-refractivity contribution is -0.113. The number of nitrogens with one attached hydrogen (secondary N) is 1. The summed E-state index contributed by atoms with van der Waals surface area (Å²) in [5, 5.41) is 2.51. The lowest BCUT2D eigenvalue weighted by Crippen LogP contribution is -2.15. The fourth-order valence-corrected chi connectivity index (χ4v) is 2.94. The van der Waals surface area contributed by atoms with E-state index in [-0.39, 0.29) is 28.8 Å². The summed E-state index contributed by atoms with van der Waals surface area (Å²) in [5.74, 6) is -0.108. The third-order valence-electron chi connectivity index (χ3n) is 3.34. The van der Waals surface area contributed by atoms with Gasteiger partial charge in [0.2, 0.25) is 5.91 Å². The summed E-state index contributed by atoms with van der Waals surface area (Å²) in [6.45, 7) is -1.17. The van der Waals surface area contributed by atoms with Crippen molar-refractivity contribution in [3.63, 3.8) is 0 Å². The number of ether oxygens (including phenoxy) is 2. The number of amides is 1. The topological polar surface area (TPSA) is 47.6 Å². The SMILES string of the molecule is COc1cc(CSCC(=O)Nc2ccc(C)cc2F)ccc1OC(F)F. The molecule has 0 heterocycles. The summed E-state index contributed by atoms with van der Waals surface area (Å²) in [6, 6.07) is 9.15. The van der Waals surface area contributed by atoms with Crippen LogP contribution in [0.3, 0.4) is 0 Å². The molecule has 0 spiro atoms. The minimum atomic E-state index is -2.94. The van der Waals surface area contributed by atoms with Crippen molar-refractivity contribution in [1.82, 2.24) is 0 Å². The summed E-state index contributed by atoms with van der Waals surface area (Å²) < 4.78 is 47.7. The average molecular weight is 385 g/mol. The molecule has 1 N–H and O–H groups in total. The van der Waals surface area contributed by atoms with Crippen molar-refractivity contribution in [1.29, 1.82) is 0 Å². The van der Waals surface area contributed by atoms with Crippen LogP contribution < -0.4 is 14.8 Å². The van der Waals surface area contributed by atoms with E-state index < -0.39 is 12.4 Å². The Kier molecular flexibility index (Phi) is 7.20. The van der Waals surface area contributed by atoms with Crippen LogP contribution in [0.2, 0.25) is 0 Å². The third-order valence-corrected chi connectivity index (χ3v) is 4.35. The Hall–Kier alpha value is -2.35. The van der Waals surface area contributed by atoms with Gasteiger partial charge in [-0.05, 0) is 42.3 Å². The molecule has 0 aliphatic carbocycles. The number of hydrogen-bond donors (Lipinski definition) is 1. The van der Waals surface area contributed by atoms with Crippen molar-refractivity contribution in [2.24, 2.45) is 0 Å². The predicted octanol–water partition coefficient (Wildman–Crippen LogP) is 4.62. The number of anilines is 1. The Labute approximate surface area is 153 Å². The first-order valence-electron chi connectivity index (χ1n) is 7.64. The molecule has 0 bridgehead atoms. The first kappa shape index (κ1) is 20.0. The van der Waals surface area contributed by atoms with Crippen molar-refractivity contribution in [2.45, 2.75) is 19.3 Å². The molecule has 0 aliphatic rings. The molecular weight excluding hydrogens is 367 g/mol. The second-order valence-electron chi connectivity index (χ2n) is 5.39. The highest BCUT2D eigenvalue weighted by molar-refractivity contribution is 7.99.